The van der Waals surface area contributed by atoms with E-state index < -0.39 is 0 Å². The fourth-order valence-electron chi connectivity index (χ4n) is 3.83. The summed E-state index contributed by atoms with van der Waals surface area (Å²) in [6, 6.07) is 1.00. The van der Waals surface area contributed by atoms with Crippen molar-refractivity contribution in [1.29, 1.82) is 0 Å². The molecule has 18 heavy (non-hydrogen) atoms. The second-order valence-corrected chi connectivity index (χ2v) is 6.33. The first-order chi connectivity index (χ1) is 8.69. The number of fused-ring (bicyclic) bond motifs is 1. The van der Waals surface area contributed by atoms with Crippen LogP contribution in [0.15, 0.2) is 0 Å². The first-order valence-corrected chi connectivity index (χ1v) is 7.49. The summed E-state index contributed by atoms with van der Waals surface area (Å²) in [5, 5.41) is 6.72. The van der Waals surface area contributed by atoms with Gasteiger partial charge in [0, 0.05) is 18.6 Å². The highest BCUT2D eigenvalue weighted by molar-refractivity contribution is 5.86. The van der Waals surface area contributed by atoms with E-state index >= 15 is 0 Å². The summed E-state index contributed by atoms with van der Waals surface area (Å²) >= 11 is 0. The van der Waals surface area contributed by atoms with Crippen molar-refractivity contribution >= 4 is 5.91 Å². The third-order valence-corrected chi connectivity index (χ3v) is 5.04. The maximum absolute atomic E-state index is 12.5. The van der Waals surface area contributed by atoms with Crippen LogP contribution < -0.4 is 10.6 Å². The van der Waals surface area contributed by atoms with Crippen LogP contribution in [0.5, 0.6) is 0 Å². The predicted octanol–water partition coefficient (Wildman–Crippen LogP) is 0.872. The number of piperidine rings is 1. The van der Waals surface area contributed by atoms with Crippen molar-refractivity contribution < 1.29 is 4.79 Å². The molecule has 3 saturated heterocycles. The summed E-state index contributed by atoms with van der Waals surface area (Å²) in [7, 11) is 0. The lowest BCUT2D eigenvalue weighted by atomic mass is 9.89. The van der Waals surface area contributed by atoms with E-state index in [0.29, 0.717) is 12.1 Å². The molecule has 3 unspecified atom stereocenters. The van der Waals surface area contributed by atoms with Crippen molar-refractivity contribution in [2.45, 2.75) is 63.1 Å². The minimum absolute atomic E-state index is 0.223. The van der Waals surface area contributed by atoms with Crippen molar-refractivity contribution in [3.05, 3.63) is 0 Å². The Labute approximate surface area is 109 Å². The van der Waals surface area contributed by atoms with E-state index in [2.05, 4.69) is 22.5 Å². The number of hydrogen-bond acceptors (Lipinski definition) is 3. The zero-order chi connectivity index (χ0) is 12.6. The van der Waals surface area contributed by atoms with E-state index in [1.54, 1.807) is 0 Å². The van der Waals surface area contributed by atoms with Gasteiger partial charge in [0.15, 0.2) is 0 Å². The Morgan fingerprint density at radius 1 is 1.28 bits per heavy atom. The van der Waals surface area contributed by atoms with Gasteiger partial charge in [0.2, 0.25) is 5.91 Å². The molecule has 0 aromatic rings. The Morgan fingerprint density at radius 2 is 2.17 bits per heavy atom. The largest absolute Gasteiger partial charge is 0.350 e. The lowest BCUT2D eigenvalue weighted by molar-refractivity contribution is -0.128. The Balaban J connectivity index is 1.60. The first-order valence-electron chi connectivity index (χ1n) is 7.49. The molecule has 0 spiro atoms. The summed E-state index contributed by atoms with van der Waals surface area (Å²) < 4.78 is 0. The van der Waals surface area contributed by atoms with Gasteiger partial charge in [0.05, 0.1) is 5.54 Å². The molecule has 3 heterocycles. The Kier molecular flexibility index (Phi) is 3.32. The molecule has 3 fully saturated rings. The molecule has 0 aliphatic carbocycles. The molecule has 1 amide bonds. The molecule has 0 bridgehead atoms. The number of hydrogen-bond donors (Lipinski definition) is 2. The molecular formula is C14H25N3O. The summed E-state index contributed by atoms with van der Waals surface area (Å²) in [6.45, 7) is 5.43. The molecular weight excluding hydrogens is 226 g/mol. The van der Waals surface area contributed by atoms with Crippen LogP contribution in [0.3, 0.4) is 0 Å². The lowest BCUT2D eigenvalue weighted by Crippen LogP contribution is -2.59. The van der Waals surface area contributed by atoms with Gasteiger partial charge in [0.1, 0.15) is 0 Å². The smallest absolute Gasteiger partial charge is 0.240 e. The van der Waals surface area contributed by atoms with Crippen LogP contribution in [0.1, 0.15) is 45.4 Å². The molecule has 3 atom stereocenters. The van der Waals surface area contributed by atoms with Crippen molar-refractivity contribution in [3.8, 4) is 0 Å². The van der Waals surface area contributed by atoms with E-state index in [-0.39, 0.29) is 11.4 Å². The standard InChI is InChI=1S/C14H25N3O/c1-14(7-2-3-8-15-14)13(18)16-11-6-10-17-9-4-5-12(11)17/h11-12,15H,2-10H2,1H3,(H,16,18). The molecule has 4 heteroatoms. The minimum Gasteiger partial charge on any atom is -0.350 e. The number of nitrogens with one attached hydrogen (secondary N) is 2. The average molecular weight is 251 g/mol. The molecule has 3 rings (SSSR count). The highest BCUT2D eigenvalue weighted by Gasteiger charge is 2.41. The minimum atomic E-state index is -0.329. The Hall–Kier alpha value is -0.610. The highest BCUT2D eigenvalue weighted by Crippen LogP contribution is 2.28. The third-order valence-electron chi connectivity index (χ3n) is 5.04. The second-order valence-electron chi connectivity index (χ2n) is 6.33. The first kappa shape index (κ1) is 12.4. The van der Waals surface area contributed by atoms with Crippen molar-refractivity contribution in [3.63, 3.8) is 0 Å². The number of carbonyl (C=O) groups is 1. The van der Waals surface area contributed by atoms with Gasteiger partial charge in [-0.2, -0.15) is 0 Å². The second kappa shape index (κ2) is 4.82. The molecule has 102 valence electrons. The summed E-state index contributed by atoms with van der Waals surface area (Å²) in [5.41, 5.74) is -0.329. The zero-order valence-electron chi connectivity index (χ0n) is 11.4. The quantitative estimate of drug-likeness (QED) is 0.765. The number of carbonyl (C=O) groups excluding carboxylic acids is 1. The van der Waals surface area contributed by atoms with E-state index in [1.165, 1.54) is 32.4 Å². The molecule has 0 saturated carbocycles. The van der Waals surface area contributed by atoms with Crippen LogP contribution in [0.25, 0.3) is 0 Å². The monoisotopic (exact) mass is 251 g/mol. The lowest BCUT2D eigenvalue weighted by Gasteiger charge is -2.35. The normalized spacial score (nSPS) is 40.7. The van der Waals surface area contributed by atoms with Crippen LogP contribution in [0.4, 0.5) is 0 Å². The van der Waals surface area contributed by atoms with Gasteiger partial charge in [-0.3, -0.25) is 9.69 Å². The van der Waals surface area contributed by atoms with Crippen LogP contribution in [0, 0.1) is 0 Å². The third kappa shape index (κ3) is 2.16. The average Bonchev–Trinajstić information content (AvgIpc) is 2.95. The maximum Gasteiger partial charge on any atom is 0.240 e. The van der Waals surface area contributed by atoms with Crippen LogP contribution in [-0.2, 0) is 4.79 Å². The van der Waals surface area contributed by atoms with E-state index in [1.807, 2.05) is 0 Å². The van der Waals surface area contributed by atoms with Gasteiger partial charge in [-0.15, -0.1) is 0 Å². The SMILES string of the molecule is CC1(C(=O)NC2CCN3CCCC23)CCCCN1. The van der Waals surface area contributed by atoms with Crippen LogP contribution in [0.2, 0.25) is 0 Å². The Morgan fingerprint density at radius 3 is 2.94 bits per heavy atom. The van der Waals surface area contributed by atoms with Crippen LogP contribution in [-0.4, -0.2) is 48.1 Å². The van der Waals surface area contributed by atoms with E-state index in [0.717, 1.165) is 25.8 Å². The number of rotatable bonds is 2. The van der Waals surface area contributed by atoms with E-state index in [9.17, 15) is 4.79 Å². The zero-order valence-corrected chi connectivity index (χ0v) is 11.4. The van der Waals surface area contributed by atoms with Gasteiger partial charge in [-0.05, 0) is 58.5 Å². The molecule has 0 radical (unpaired) electrons. The Bertz CT molecular complexity index is 325. The molecule has 3 aliphatic rings. The molecule has 0 aromatic heterocycles. The van der Waals surface area contributed by atoms with Crippen molar-refractivity contribution in [2.75, 3.05) is 19.6 Å². The van der Waals surface area contributed by atoms with Gasteiger partial charge in [0.25, 0.3) is 0 Å². The fraction of sp³-hybridized carbons (Fsp3) is 0.929. The highest BCUT2D eigenvalue weighted by atomic mass is 16.2. The molecule has 3 aliphatic heterocycles. The van der Waals surface area contributed by atoms with Gasteiger partial charge in [-0.1, -0.05) is 0 Å². The van der Waals surface area contributed by atoms with Crippen molar-refractivity contribution in [1.82, 2.24) is 15.5 Å². The van der Waals surface area contributed by atoms with Crippen LogP contribution >= 0.6 is 0 Å². The summed E-state index contributed by atoms with van der Waals surface area (Å²) in [4.78, 5) is 15.0. The van der Waals surface area contributed by atoms with Gasteiger partial charge < -0.3 is 10.6 Å². The maximum atomic E-state index is 12.5. The van der Waals surface area contributed by atoms with Gasteiger partial charge in [-0.25, -0.2) is 0 Å². The fourth-order valence-corrected chi connectivity index (χ4v) is 3.83. The predicted molar refractivity (Wildman–Crippen MR) is 71.4 cm³/mol. The molecule has 4 nitrogen and oxygen atoms in total. The summed E-state index contributed by atoms with van der Waals surface area (Å²) in [6.07, 6.45) is 7.02. The van der Waals surface area contributed by atoms with E-state index in [4.69, 9.17) is 0 Å². The molecule has 0 aromatic carbocycles. The number of nitrogens with zero attached hydrogens (tertiary/aromatic N) is 1. The summed E-state index contributed by atoms with van der Waals surface area (Å²) in [5.74, 6) is 0.223. The number of amides is 1. The topological polar surface area (TPSA) is 44.4 Å². The van der Waals surface area contributed by atoms with Crippen molar-refractivity contribution in [2.24, 2.45) is 0 Å². The van der Waals surface area contributed by atoms with Gasteiger partial charge >= 0.3 is 0 Å². The molecule has 2 N–H and O–H groups in total.